The van der Waals surface area contributed by atoms with Crippen molar-refractivity contribution in [3.63, 3.8) is 0 Å². The first-order valence-corrected chi connectivity index (χ1v) is 7.31. The smallest absolute Gasteiger partial charge is 0.0547 e. The second-order valence-electron chi connectivity index (χ2n) is 5.26. The summed E-state index contributed by atoms with van der Waals surface area (Å²) < 4.78 is 0. The summed E-state index contributed by atoms with van der Waals surface area (Å²) in [5.74, 6) is 0.951. The monoisotopic (exact) mass is 247 g/mol. The van der Waals surface area contributed by atoms with E-state index in [1.807, 2.05) is 12.4 Å². The van der Waals surface area contributed by atoms with Crippen LogP contribution in [-0.4, -0.2) is 18.1 Å². The summed E-state index contributed by atoms with van der Waals surface area (Å²) in [6, 6.07) is 2.15. The Balaban J connectivity index is 1.74. The van der Waals surface area contributed by atoms with E-state index in [4.69, 9.17) is 0 Å². The van der Waals surface area contributed by atoms with Crippen molar-refractivity contribution in [1.29, 1.82) is 0 Å². The molecule has 0 unspecified atom stereocenters. The first-order valence-electron chi connectivity index (χ1n) is 7.31. The summed E-state index contributed by atoms with van der Waals surface area (Å²) in [5.41, 5.74) is 2.25. The Labute approximate surface area is 110 Å². The van der Waals surface area contributed by atoms with E-state index in [1.165, 1.54) is 32.1 Å². The molecule has 0 amide bonds. The molecule has 1 aliphatic carbocycles. The van der Waals surface area contributed by atoms with Crippen molar-refractivity contribution in [2.24, 2.45) is 5.92 Å². The minimum Gasteiger partial charge on any atom is -0.384 e. The second kappa shape index (κ2) is 7.24. The average molecular weight is 247 g/mol. The zero-order valence-electron chi connectivity index (χ0n) is 11.4. The minimum absolute atomic E-state index is 0.951. The van der Waals surface area contributed by atoms with Crippen LogP contribution in [-0.2, 0) is 0 Å². The quantitative estimate of drug-likeness (QED) is 0.767. The standard InChI is InChI=1S/C15H25N3/c1-2-8-17-14-10-15(12-16-11-14)18-9-7-13-5-3-4-6-13/h10-13,17-18H,2-9H2,1H3. The fourth-order valence-electron chi connectivity index (χ4n) is 2.62. The van der Waals surface area contributed by atoms with Gasteiger partial charge in [-0.15, -0.1) is 0 Å². The summed E-state index contributed by atoms with van der Waals surface area (Å²) in [6.07, 6.45) is 12.0. The van der Waals surface area contributed by atoms with Gasteiger partial charge in [-0.2, -0.15) is 0 Å². The maximum absolute atomic E-state index is 4.26. The largest absolute Gasteiger partial charge is 0.384 e. The van der Waals surface area contributed by atoms with Crippen LogP contribution in [0.5, 0.6) is 0 Å². The van der Waals surface area contributed by atoms with E-state index in [1.54, 1.807) is 0 Å². The summed E-state index contributed by atoms with van der Waals surface area (Å²) in [4.78, 5) is 4.26. The number of pyridine rings is 1. The molecular formula is C15H25N3. The Kier molecular flexibility index (Phi) is 5.31. The predicted octanol–water partition coefficient (Wildman–Crippen LogP) is 3.90. The second-order valence-corrected chi connectivity index (χ2v) is 5.26. The Bertz CT molecular complexity index is 345. The van der Waals surface area contributed by atoms with Crippen LogP contribution in [0.4, 0.5) is 11.4 Å². The van der Waals surface area contributed by atoms with Gasteiger partial charge in [-0.3, -0.25) is 4.98 Å². The van der Waals surface area contributed by atoms with Gasteiger partial charge in [-0.05, 0) is 24.8 Å². The molecule has 0 aromatic carbocycles. The van der Waals surface area contributed by atoms with Crippen LogP contribution in [0.25, 0.3) is 0 Å². The Hall–Kier alpha value is -1.25. The number of nitrogens with zero attached hydrogens (tertiary/aromatic N) is 1. The van der Waals surface area contributed by atoms with Gasteiger partial charge in [-0.1, -0.05) is 32.6 Å². The maximum atomic E-state index is 4.26. The molecule has 1 heterocycles. The van der Waals surface area contributed by atoms with E-state index in [9.17, 15) is 0 Å². The molecule has 1 fully saturated rings. The van der Waals surface area contributed by atoms with Crippen LogP contribution in [0.2, 0.25) is 0 Å². The van der Waals surface area contributed by atoms with E-state index in [-0.39, 0.29) is 0 Å². The number of rotatable bonds is 7. The van der Waals surface area contributed by atoms with Crippen LogP contribution in [0.1, 0.15) is 45.4 Å². The van der Waals surface area contributed by atoms with Crippen molar-refractivity contribution < 1.29 is 0 Å². The number of hydrogen-bond donors (Lipinski definition) is 2. The molecule has 100 valence electrons. The zero-order chi connectivity index (χ0) is 12.6. The highest BCUT2D eigenvalue weighted by Crippen LogP contribution is 2.27. The first kappa shape index (κ1) is 13.2. The molecule has 1 aromatic rings. The first-order chi connectivity index (χ1) is 8.88. The summed E-state index contributed by atoms with van der Waals surface area (Å²) in [5, 5.41) is 6.85. The van der Waals surface area contributed by atoms with E-state index < -0.39 is 0 Å². The lowest BCUT2D eigenvalue weighted by atomic mass is 10.0. The molecule has 3 nitrogen and oxygen atoms in total. The van der Waals surface area contributed by atoms with Gasteiger partial charge in [0.05, 0.1) is 23.8 Å². The van der Waals surface area contributed by atoms with Gasteiger partial charge in [0.15, 0.2) is 0 Å². The minimum atomic E-state index is 0.951. The van der Waals surface area contributed by atoms with Gasteiger partial charge in [0.25, 0.3) is 0 Å². The highest BCUT2D eigenvalue weighted by Gasteiger charge is 2.13. The fourth-order valence-corrected chi connectivity index (χ4v) is 2.62. The van der Waals surface area contributed by atoms with Gasteiger partial charge in [0, 0.05) is 13.1 Å². The van der Waals surface area contributed by atoms with E-state index >= 15 is 0 Å². The molecule has 18 heavy (non-hydrogen) atoms. The summed E-state index contributed by atoms with van der Waals surface area (Å²) >= 11 is 0. The number of aromatic nitrogens is 1. The van der Waals surface area contributed by atoms with Crippen LogP contribution in [0, 0.1) is 5.92 Å². The molecular weight excluding hydrogens is 222 g/mol. The third kappa shape index (κ3) is 4.21. The zero-order valence-corrected chi connectivity index (χ0v) is 11.4. The third-order valence-electron chi connectivity index (χ3n) is 3.67. The maximum Gasteiger partial charge on any atom is 0.0547 e. The SMILES string of the molecule is CCCNc1cncc(NCCC2CCCC2)c1. The molecule has 1 aliphatic rings. The Morgan fingerprint density at radius 2 is 1.78 bits per heavy atom. The average Bonchev–Trinajstić information content (AvgIpc) is 2.90. The lowest BCUT2D eigenvalue weighted by Gasteiger charge is -2.11. The molecule has 2 N–H and O–H groups in total. The topological polar surface area (TPSA) is 37.0 Å². The van der Waals surface area contributed by atoms with Crippen molar-refractivity contribution in [1.82, 2.24) is 4.98 Å². The third-order valence-corrected chi connectivity index (χ3v) is 3.67. The Morgan fingerprint density at radius 1 is 1.11 bits per heavy atom. The van der Waals surface area contributed by atoms with Gasteiger partial charge in [0.2, 0.25) is 0 Å². The molecule has 0 radical (unpaired) electrons. The van der Waals surface area contributed by atoms with Crippen LogP contribution in [0.3, 0.4) is 0 Å². The molecule has 1 aromatic heterocycles. The van der Waals surface area contributed by atoms with Crippen LogP contribution in [0.15, 0.2) is 18.5 Å². The lowest BCUT2D eigenvalue weighted by molar-refractivity contribution is 0.518. The van der Waals surface area contributed by atoms with Gasteiger partial charge in [0.1, 0.15) is 0 Å². The van der Waals surface area contributed by atoms with Gasteiger partial charge < -0.3 is 10.6 Å². The number of nitrogens with one attached hydrogen (secondary N) is 2. The fraction of sp³-hybridized carbons (Fsp3) is 0.667. The Morgan fingerprint density at radius 3 is 2.44 bits per heavy atom. The summed E-state index contributed by atoms with van der Waals surface area (Å²) in [7, 11) is 0. The van der Waals surface area contributed by atoms with Crippen molar-refractivity contribution in [3.8, 4) is 0 Å². The van der Waals surface area contributed by atoms with Gasteiger partial charge >= 0.3 is 0 Å². The molecule has 1 saturated carbocycles. The van der Waals surface area contributed by atoms with E-state index in [0.717, 1.165) is 36.8 Å². The normalized spacial score (nSPS) is 15.8. The lowest BCUT2D eigenvalue weighted by Crippen LogP contribution is -2.07. The highest BCUT2D eigenvalue weighted by atomic mass is 14.9. The van der Waals surface area contributed by atoms with Crippen molar-refractivity contribution >= 4 is 11.4 Å². The van der Waals surface area contributed by atoms with E-state index in [2.05, 4.69) is 28.6 Å². The van der Waals surface area contributed by atoms with Gasteiger partial charge in [-0.25, -0.2) is 0 Å². The van der Waals surface area contributed by atoms with E-state index in [0.29, 0.717) is 0 Å². The highest BCUT2D eigenvalue weighted by molar-refractivity contribution is 5.53. The van der Waals surface area contributed by atoms with Crippen molar-refractivity contribution in [2.45, 2.75) is 45.4 Å². The molecule has 0 aliphatic heterocycles. The van der Waals surface area contributed by atoms with Crippen molar-refractivity contribution in [2.75, 3.05) is 23.7 Å². The summed E-state index contributed by atoms with van der Waals surface area (Å²) in [6.45, 7) is 4.25. The molecule has 0 spiro atoms. The van der Waals surface area contributed by atoms with Crippen LogP contribution < -0.4 is 10.6 Å². The number of anilines is 2. The molecule has 0 saturated heterocycles. The molecule has 2 rings (SSSR count). The van der Waals surface area contributed by atoms with Crippen molar-refractivity contribution in [3.05, 3.63) is 18.5 Å². The molecule has 0 atom stereocenters. The number of hydrogen-bond acceptors (Lipinski definition) is 3. The molecule has 3 heteroatoms. The predicted molar refractivity (Wildman–Crippen MR) is 78.1 cm³/mol. The van der Waals surface area contributed by atoms with Crippen LogP contribution >= 0.6 is 0 Å². The molecule has 0 bridgehead atoms.